The van der Waals surface area contributed by atoms with Gasteiger partial charge in [0.25, 0.3) is 0 Å². The third kappa shape index (κ3) is 6.92. The summed E-state index contributed by atoms with van der Waals surface area (Å²) in [5.41, 5.74) is 17.6. The van der Waals surface area contributed by atoms with E-state index >= 15 is 0 Å². The Balaban J connectivity index is 0.000000194. The van der Waals surface area contributed by atoms with Gasteiger partial charge in [-0.2, -0.15) is 0 Å². The zero-order chi connectivity index (χ0) is 30.8. The van der Waals surface area contributed by atoms with E-state index in [1.165, 1.54) is 24.0 Å². The van der Waals surface area contributed by atoms with Crippen molar-refractivity contribution >= 4 is 34.6 Å². The molecule has 0 saturated carbocycles. The molecule has 1 saturated heterocycles. The van der Waals surface area contributed by atoms with Crippen molar-refractivity contribution in [3.63, 3.8) is 0 Å². The summed E-state index contributed by atoms with van der Waals surface area (Å²) in [5, 5.41) is 0. The molecule has 8 heteroatoms. The van der Waals surface area contributed by atoms with Crippen LogP contribution in [0.25, 0.3) is 0 Å². The molecule has 42 heavy (non-hydrogen) atoms. The topological polar surface area (TPSA) is 99.1 Å². The van der Waals surface area contributed by atoms with Gasteiger partial charge in [0.2, 0.25) is 11.8 Å². The molecule has 2 amide bonds. The summed E-state index contributed by atoms with van der Waals surface area (Å²) in [5.74, 6) is 1.15. The summed E-state index contributed by atoms with van der Waals surface area (Å²) in [6.45, 7) is 21.5. The number of nitrogens with zero attached hydrogens (tertiary/aromatic N) is 4. The quantitative estimate of drug-likeness (QED) is 0.477. The Morgan fingerprint density at radius 2 is 1.26 bits per heavy atom. The minimum atomic E-state index is -0.0120. The smallest absolute Gasteiger partial charge is 0.241 e. The molecule has 2 aromatic rings. The number of piperidine rings is 1. The highest BCUT2D eigenvalue weighted by Gasteiger charge is 2.39. The Morgan fingerprint density at radius 1 is 0.810 bits per heavy atom. The van der Waals surface area contributed by atoms with Gasteiger partial charge in [-0.05, 0) is 80.3 Å². The molecule has 1 fully saturated rings. The van der Waals surface area contributed by atoms with Gasteiger partial charge in [0.05, 0.1) is 13.1 Å². The van der Waals surface area contributed by atoms with Gasteiger partial charge in [0.1, 0.15) is 0 Å². The van der Waals surface area contributed by atoms with Crippen LogP contribution in [0, 0.1) is 5.92 Å². The molecule has 2 aromatic carbocycles. The maximum absolute atomic E-state index is 12.8. The number of likely N-dealkylation sites (N-methyl/N-ethyl adjacent to an activating group) is 1. The van der Waals surface area contributed by atoms with Crippen molar-refractivity contribution in [1.29, 1.82) is 0 Å². The maximum atomic E-state index is 12.8. The number of nitrogen functional groups attached to an aromatic ring is 2. The Labute approximate surface area is 253 Å². The van der Waals surface area contributed by atoms with Crippen LogP contribution in [0.3, 0.4) is 0 Å². The minimum Gasteiger partial charge on any atom is -0.399 e. The standard InChI is InChI=1S/C18H27N3O.C16H25N3O/c1-13-6-8-20(9-7-13)11-17(22)21-12-18(2,3)15-5-4-14(19)10-16(15)21;1-5-18(6-2)10-15(20)19-11-16(3,4)13-8-7-12(17)9-14(13)19/h4-5,10,13H,6-9,11-12,19H2,1-3H3;7-9H,5-6,10-11,17H2,1-4H3. The van der Waals surface area contributed by atoms with Crippen LogP contribution in [-0.4, -0.2) is 74.0 Å². The molecule has 0 atom stereocenters. The molecule has 3 aliphatic rings. The number of carbonyl (C=O) groups excluding carboxylic acids is 2. The summed E-state index contributed by atoms with van der Waals surface area (Å²) in [6, 6.07) is 11.8. The Morgan fingerprint density at radius 3 is 1.71 bits per heavy atom. The molecule has 8 nitrogen and oxygen atoms in total. The van der Waals surface area contributed by atoms with Gasteiger partial charge in [-0.1, -0.05) is 60.6 Å². The van der Waals surface area contributed by atoms with Crippen LogP contribution in [0.4, 0.5) is 22.7 Å². The van der Waals surface area contributed by atoms with Crippen molar-refractivity contribution < 1.29 is 9.59 Å². The number of benzene rings is 2. The molecular weight excluding hydrogens is 524 g/mol. The predicted molar refractivity (Wildman–Crippen MR) is 175 cm³/mol. The summed E-state index contributed by atoms with van der Waals surface area (Å²) >= 11 is 0. The van der Waals surface area contributed by atoms with Crippen LogP contribution in [-0.2, 0) is 20.4 Å². The summed E-state index contributed by atoms with van der Waals surface area (Å²) in [4.78, 5) is 33.6. The van der Waals surface area contributed by atoms with E-state index in [0.717, 1.165) is 62.2 Å². The average Bonchev–Trinajstić information content (AvgIpc) is 3.36. The van der Waals surface area contributed by atoms with Crippen molar-refractivity contribution in [2.24, 2.45) is 5.92 Å². The first-order valence-electron chi connectivity index (χ1n) is 15.6. The third-order valence-corrected chi connectivity index (χ3v) is 9.28. The zero-order valence-electron chi connectivity index (χ0n) is 26.9. The number of hydrogen-bond acceptors (Lipinski definition) is 6. The number of likely N-dealkylation sites (tertiary alicyclic amines) is 1. The van der Waals surface area contributed by atoms with E-state index in [0.29, 0.717) is 18.8 Å². The van der Waals surface area contributed by atoms with Crippen molar-refractivity contribution in [2.45, 2.75) is 72.1 Å². The maximum Gasteiger partial charge on any atom is 0.241 e. The van der Waals surface area contributed by atoms with E-state index in [1.807, 2.05) is 34.1 Å². The number of carbonyl (C=O) groups is 2. The second kappa shape index (κ2) is 12.6. The van der Waals surface area contributed by atoms with E-state index in [2.05, 4.69) is 70.4 Å². The number of anilines is 4. The number of rotatable bonds is 6. The first kappa shape index (κ1) is 31.8. The third-order valence-electron chi connectivity index (χ3n) is 9.28. The van der Waals surface area contributed by atoms with Crippen molar-refractivity contribution in [3.05, 3.63) is 47.5 Å². The normalized spacial score (nSPS) is 19.3. The van der Waals surface area contributed by atoms with Crippen molar-refractivity contribution in [1.82, 2.24) is 9.80 Å². The lowest BCUT2D eigenvalue weighted by Crippen LogP contribution is -2.44. The number of amides is 2. The molecule has 230 valence electrons. The molecule has 0 unspecified atom stereocenters. The van der Waals surface area contributed by atoms with Gasteiger partial charge >= 0.3 is 0 Å². The average molecular weight is 577 g/mol. The van der Waals surface area contributed by atoms with Gasteiger partial charge in [-0.15, -0.1) is 0 Å². The highest BCUT2D eigenvalue weighted by atomic mass is 16.2. The number of fused-ring (bicyclic) bond motifs is 2. The van der Waals surface area contributed by atoms with Crippen LogP contribution in [0.2, 0.25) is 0 Å². The van der Waals surface area contributed by atoms with E-state index < -0.39 is 0 Å². The summed E-state index contributed by atoms with van der Waals surface area (Å²) in [6.07, 6.45) is 2.39. The fraction of sp³-hybridized carbons (Fsp3) is 0.588. The van der Waals surface area contributed by atoms with E-state index in [4.69, 9.17) is 11.5 Å². The van der Waals surface area contributed by atoms with E-state index in [9.17, 15) is 9.59 Å². The second-order valence-corrected chi connectivity index (χ2v) is 13.7. The fourth-order valence-corrected chi connectivity index (χ4v) is 6.49. The molecule has 5 rings (SSSR count). The molecule has 0 spiro atoms. The number of hydrogen-bond donors (Lipinski definition) is 2. The van der Waals surface area contributed by atoms with Crippen LogP contribution in [0.15, 0.2) is 36.4 Å². The molecule has 0 radical (unpaired) electrons. The molecule has 4 N–H and O–H groups in total. The molecule has 0 bridgehead atoms. The molecule has 0 aromatic heterocycles. The Kier molecular flexibility index (Phi) is 9.58. The van der Waals surface area contributed by atoms with Crippen LogP contribution >= 0.6 is 0 Å². The number of nitrogens with two attached hydrogens (primary N) is 2. The van der Waals surface area contributed by atoms with Crippen LogP contribution in [0.1, 0.15) is 72.4 Å². The van der Waals surface area contributed by atoms with E-state index in [-0.39, 0.29) is 22.6 Å². The summed E-state index contributed by atoms with van der Waals surface area (Å²) in [7, 11) is 0. The van der Waals surface area contributed by atoms with Gasteiger partial charge < -0.3 is 21.3 Å². The highest BCUT2D eigenvalue weighted by Crippen LogP contribution is 2.42. The molecule has 3 aliphatic heterocycles. The monoisotopic (exact) mass is 576 g/mol. The molecule has 3 heterocycles. The summed E-state index contributed by atoms with van der Waals surface area (Å²) < 4.78 is 0. The van der Waals surface area contributed by atoms with Crippen molar-refractivity contribution in [3.8, 4) is 0 Å². The molecule has 0 aliphatic carbocycles. The van der Waals surface area contributed by atoms with Gasteiger partial charge in [-0.25, -0.2) is 0 Å². The minimum absolute atomic E-state index is 0.00486. The largest absolute Gasteiger partial charge is 0.399 e. The van der Waals surface area contributed by atoms with E-state index in [1.54, 1.807) is 0 Å². The highest BCUT2D eigenvalue weighted by molar-refractivity contribution is 5.99. The lowest BCUT2D eigenvalue weighted by Gasteiger charge is -2.31. The van der Waals surface area contributed by atoms with Crippen LogP contribution in [0.5, 0.6) is 0 Å². The SMILES string of the molecule is CC1CCN(CC(=O)N2CC(C)(C)c3ccc(N)cc32)CC1.CCN(CC)CC(=O)N1CC(C)(C)c2ccc(N)cc21. The second-order valence-electron chi connectivity index (χ2n) is 13.7. The van der Waals surface area contributed by atoms with Gasteiger partial charge in [0, 0.05) is 46.7 Å². The van der Waals surface area contributed by atoms with Crippen LogP contribution < -0.4 is 21.3 Å². The first-order chi connectivity index (χ1) is 19.8. The first-order valence-corrected chi connectivity index (χ1v) is 15.6. The van der Waals surface area contributed by atoms with Gasteiger partial charge in [-0.3, -0.25) is 19.4 Å². The van der Waals surface area contributed by atoms with Crippen molar-refractivity contribution in [2.75, 3.05) is 73.6 Å². The van der Waals surface area contributed by atoms with Gasteiger partial charge in [0.15, 0.2) is 0 Å². The molecular formula is C34H52N6O2. The lowest BCUT2D eigenvalue weighted by atomic mass is 9.87. The Hall–Kier alpha value is -3.10. The Bertz CT molecular complexity index is 1280. The fourth-order valence-electron chi connectivity index (χ4n) is 6.49. The lowest BCUT2D eigenvalue weighted by molar-refractivity contribution is -0.120. The zero-order valence-corrected chi connectivity index (χ0v) is 26.9. The predicted octanol–water partition coefficient (Wildman–Crippen LogP) is 4.86.